The van der Waals surface area contributed by atoms with Crippen LogP contribution in [0.5, 0.6) is 0 Å². The van der Waals surface area contributed by atoms with Crippen LogP contribution in [0.25, 0.3) is 0 Å². The molecule has 1 aliphatic rings. The molecule has 3 rings (SSSR count). The second kappa shape index (κ2) is 10.0. The van der Waals surface area contributed by atoms with Gasteiger partial charge in [0.2, 0.25) is 15.9 Å². The first-order valence-electron chi connectivity index (χ1n) is 9.09. The van der Waals surface area contributed by atoms with Gasteiger partial charge in [0.1, 0.15) is 0 Å². The summed E-state index contributed by atoms with van der Waals surface area (Å²) in [5.74, 6) is 0.390. The minimum atomic E-state index is -3.59. The van der Waals surface area contributed by atoms with Crippen LogP contribution < -0.4 is 10.5 Å². The van der Waals surface area contributed by atoms with Crippen molar-refractivity contribution in [2.24, 2.45) is 11.7 Å². The Morgan fingerprint density at radius 1 is 1.04 bits per heavy atom. The van der Waals surface area contributed by atoms with Crippen LogP contribution in [0.3, 0.4) is 0 Å². The summed E-state index contributed by atoms with van der Waals surface area (Å²) in [6.45, 7) is 1.83. The molecule has 0 bridgehead atoms. The van der Waals surface area contributed by atoms with Crippen LogP contribution in [0, 0.1) is 5.92 Å². The number of hydrogen-bond donors (Lipinski definition) is 2. The predicted molar refractivity (Wildman–Crippen MR) is 112 cm³/mol. The maximum Gasteiger partial charge on any atom is 0.240 e. The first-order valence-corrected chi connectivity index (χ1v) is 10.6. The maximum absolute atomic E-state index is 12.6. The summed E-state index contributed by atoms with van der Waals surface area (Å²) < 4.78 is 26.9. The van der Waals surface area contributed by atoms with Crippen molar-refractivity contribution in [1.29, 1.82) is 0 Å². The highest BCUT2D eigenvalue weighted by Gasteiger charge is 2.35. The molecule has 28 heavy (non-hydrogen) atoms. The van der Waals surface area contributed by atoms with E-state index in [1.165, 1.54) is 17.7 Å². The maximum atomic E-state index is 12.6. The number of halogens is 1. The molecule has 1 amide bonds. The van der Waals surface area contributed by atoms with Crippen molar-refractivity contribution in [3.05, 3.63) is 66.2 Å². The smallest absolute Gasteiger partial charge is 0.240 e. The molecule has 3 N–H and O–H groups in total. The minimum absolute atomic E-state index is 0. The molecule has 0 aromatic heterocycles. The molecule has 2 aromatic rings. The number of nitrogens with zero attached hydrogens (tertiary/aromatic N) is 1. The Hall–Kier alpha value is -1.93. The van der Waals surface area contributed by atoms with Crippen LogP contribution in [0.15, 0.2) is 65.6 Å². The lowest BCUT2D eigenvalue weighted by Crippen LogP contribution is -2.33. The summed E-state index contributed by atoms with van der Waals surface area (Å²) in [6, 6.07) is 18.2. The lowest BCUT2D eigenvalue weighted by Gasteiger charge is -2.17. The molecule has 1 saturated heterocycles. The molecule has 8 heteroatoms. The average molecular weight is 424 g/mol. The van der Waals surface area contributed by atoms with Gasteiger partial charge in [-0.05, 0) is 30.2 Å². The second-order valence-corrected chi connectivity index (χ2v) is 8.54. The number of carbonyl (C=O) groups is 1. The second-order valence-electron chi connectivity index (χ2n) is 6.77. The molecule has 0 unspecified atom stereocenters. The van der Waals surface area contributed by atoms with Crippen molar-refractivity contribution in [2.45, 2.75) is 17.2 Å². The van der Waals surface area contributed by atoms with E-state index in [-0.39, 0.29) is 48.0 Å². The van der Waals surface area contributed by atoms with Gasteiger partial charge in [-0.15, -0.1) is 12.4 Å². The van der Waals surface area contributed by atoms with E-state index in [1.54, 1.807) is 23.1 Å². The van der Waals surface area contributed by atoms with Gasteiger partial charge in [-0.3, -0.25) is 4.79 Å². The molecular weight excluding hydrogens is 398 g/mol. The van der Waals surface area contributed by atoms with Gasteiger partial charge in [0, 0.05) is 32.0 Å². The quantitative estimate of drug-likeness (QED) is 0.712. The van der Waals surface area contributed by atoms with Crippen LogP contribution >= 0.6 is 12.4 Å². The van der Waals surface area contributed by atoms with Crippen molar-refractivity contribution in [3.63, 3.8) is 0 Å². The normalized spacial score (nSPS) is 19.2. The summed E-state index contributed by atoms with van der Waals surface area (Å²) in [5, 5.41) is 0. The Morgan fingerprint density at radius 2 is 1.64 bits per heavy atom. The molecule has 1 aliphatic heterocycles. The van der Waals surface area contributed by atoms with Crippen LogP contribution in [0.4, 0.5) is 0 Å². The first-order chi connectivity index (χ1) is 13.0. The van der Waals surface area contributed by atoms with E-state index in [9.17, 15) is 13.2 Å². The number of nitrogens with one attached hydrogen (secondary N) is 1. The van der Waals surface area contributed by atoms with Crippen LogP contribution in [-0.4, -0.2) is 45.4 Å². The number of carbonyl (C=O) groups excluding carboxylic acids is 1. The standard InChI is InChI=1S/C20H25N3O3S.ClH/c21-13-17-14-23(15-19(17)16-7-3-1-4-8-16)20(24)11-12-22-27(25,26)18-9-5-2-6-10-18;/h1-10,17,19,22H,11-15,21H2;1H/t17-,19+;/m1./s1. The predicted octanol–water partition coefficient (Wildman–Crippen LogP) is 1.98. The molecule has 0 spiro atoms. The number of sulfonamides is 1. The van der Waals surface area contributed by atoms with Gasteiger partial charge >= 0.3 is 0 Å². The molecule has 1 fully saturated rings. The van der Waals surface area contributed by atoms with Crippen LogP contribution in [0.2, 0.25) is 0 Å². The van der Waals surface area contributed by atoms with E-state index < -0.39 is 10.0 Å². The minimum Gasteiger partial charge on any atom is -0.342 e. The van der Waals surface area contributed by atoms with Crippen molar-refractivity contribution < 1.29 is 13.2 Å². The highest BCUT2D eigenvalue weighted by atomic mass is 35.5. The Balaban J connectivity index is 0.00000280. The number of nitrogens with two attached hydrogens (primary N) is 1. The number of benzene rings is 2. The fourth-order valence-electron chi connectivity index (χ4n) is 3.53. The Labute approximate surface area is 172 Å². The van der Waals surface area contributed by atoms with Gasteiger partial charge in [-0.25, -0.2) is 13.1 Å². The van der Waals surface area contributed by atoms with Gasteiger partial charge in [0.25, 0.3) is 0 Å². The van der Waals surface area contributed by atoms with Gasteiger partial charge < -0.3 is 10.6 Å². The van der Waals surface area contributed by atoms with E-state index >= 15 is 0 Å². The van der Waals surface area contributed by atoms with Gasteiger partial charge in [-0.2, -0.15) is 0 Å². The number of hydrogen-bond acceptors (Lipinski definition) is 4. The van der Waals surface area contributed by atoms with Crippen molar-refractivity contribution >= 4 is 28.3 Å². The SMILES string of the molecule is Cl.NC[C@@H]1CN(C(=O)CCNS(=O)(=O)c2ccccc2)C[C@H]1c1ccccc1. The van der Waals surface area contributed by atoms with Gasteiger partial charge in [0.15, 0.2) is 0 Å². The third kappa shape index (κ3) is 5.32. The van der Waals surface area contributed by atoms with E-state index in [0.717, 1.165) is 0 Å². The monoisotopic (exact) mass is 423 g/mol. The van der Waals surface area contributed by atoms with E-state index in [4.69, 9.17) is 5.73 Å². The number of likely N-dealkylation sites (tertiary alicyclic amines) is 1. The number of rotatable bonds is 7. The molecule has 0 aliphatic carbocycles. The van der Waals surface area contributed by atoms with Crippen LogP contribution in [-0.2, 0) is 14.8 Å². The van der Waals surface area contributed by atoms with Crippen molar-refractivity contribution in [1.82, 2.24) is 9.62 Å². The van der Waals surface area contributed by atoms with Crippen molar-refractivity contribution in [3.8, 4) is 0 Å². The highest BCUT2D eigenvalue weighted by Crippen LogP contribution is 2.32. The zero-order chi connectivity index (χ0) is 19.3. The molecule has 2 atom stereocenters. The van der Waals surface area contributed by atoms with Gasteiger partial charge in [0.05, 0.1) is 4.90 Å². The molecule has 1 heterocycles. The topological polar surface area (TPSA) is 92.5 Å². The lowest BCUT2D eigenvalue weighted by atomic mass is 9.89. The highest BCUT2D eigenvalue weighted by molar-refractivity contribution is 7.89. The zero-order valence-corrected chi connectivity index (χ0v) is 17.2. The summed E-state index contributed by atoms with van der Waals surface area (Å²) in [4.78, 5) is 14.6. The lowest BCUT2D eigenvalue weighted by molar-refractivity contribution is -0.130. The summed E-state index contributed by atoms with van der Waals surface area (Å²) in [7, 11) is -3.59. The molecule has 152 valence electrons. The summed E-state index contributed by atoms with van der Waals surface area (Å²) >= 11 is 0. The number of amides is 1. The fraction of sp³-hybridized carbons (Fsp3) is 0.350. The van der Waals surface area contributed by atoms with E-state index in [0.29, 0.717) is 19.6 Å². The largest absolute Gasteiger partial charge is 0.342 e. The van der Waals surface area contributed by atoms with E-state index in [2.05, 4.69) is 16.9 Å². The summed E-state index contributed by atoms with van der Waals surface area (Å²) in [6.07, 6.45) is 0.130. The molecular formula is C20H26ClN3O3S. The zero-order valence-electron chi connectivity index (χ0n) is 15.5. The molecule has 0 saturated carbocycles. The third-order valence-electron chi connectivity index (χ3n) is 5.01. The van der Waals surface area contributed by atoms with Crippen LogP contribution in [0.1, 0.15) is 17.9 Å². The van der Waals surface area contributed by atoms with Gasteiger partial charge in [-0.1, -0.05) is 48.5 Å². The Morgan fingerprint density at radius 3 is 2.25 bits per heavy atom. The fourth-order valence-corrected chi connectivity index (χ4v) is 4.58. The molecule has 6 nitrogen and oxygen atoms in total. The van der Waals surface area contributed by atoms with E-state index in [1.807, 2.05) is 18.2 Å². The van der Waals surface area contributed by atoms with Crippen molar-refractivity contribution in [2.75, 3.05) is 26.2 Å². The third-order valence-corrected chi connectivity index (χ3v) is 6.49. The summed E-state index contributed by atoms with van der Waals surface area (Å²) in [5.41, 5.74) is 7.10. The Kier molecular flexibility index (Phi) is 8.00. The molecule has 0 radical (unpaired) electrons. The molecule has 2 aromatic carbocycles. The average Bonchev–Trinajstić information content (AvgIpc) is 3.14. The Bertz CT molecular complexity index is 863. The first kappa shape index (κ1) is 22.4.